The van der Waals surface area contributed by atoms with Gasteiger partial charge in [0.15, 0.2) is 52.2 Å². The van der Waals surface area contributed by atoms with Crippen molar-refractivity contribution in [1.29, 1.82) is 0 Å². The lowest BCUT2D eigenvalue weighted by molar-refractivity contribution is -0.0615. The molecule has 2 saturated heterocycles. The number of fused-ring (bicyclic) bond motifs is 2. The maximum absolute atomic E-state index is 10.7. The maximum atomic E-state index is 10.7. The maximum Gasteiger partial charge on any atom is 0.190 e. The summed E-state index contributed by atoms with van der Waals surface area (Å²) in [6.45, 7) is 0.108. The van der Waals surface area contributed by atoms with Crippen LogP contribution in [0.15, 0.2) is 19.0 Å². The number of nitrogens with two attached hydrogens (primary N) is 2. The SMILES string of the molecule is NCCNc1ncnc2c1ncn2[C@@H]1O[C@H](COCC#Cc2nc3c(N)ncnc3n2[C@@H]2O[C@H](CO)[C@@H](O)[C@H]2O)[C@@H](O)[C@H]1O. The molecule has 4 aromatic heterocycles. The zero-order valence-electron chi connectivity index (χ0n) is 23.1. The third-order valence-corrected chi connectivity index (χ3v) is 7.34. The monoisotopic (exact) mass is 613 g/mol. The van der Waals surface area contributed by atoms with Gasteiger partial charge in [0.1, 0.15) is 55.9 Å². The smallest absolute Gasteiger partial charge is 0.190 e. The van der Waals surface area contributed by atoms with Gasteiger partial charge in [-0.1, -0.05) is 5.92 Å². The Kier molecular flexibility index (Phi) is 8.50. The minimum Gasteiger partial charge on any atom is -0.394 e. The molecule has 2 aliphatic heterocycles. The van der Waals surface area contributed by atoms with Crippen LogP contribution in [-0.4, -0.2) is 134 Å². The largest absolute Gasteiger partial charge is 0.394 e. The molecular formula is C25H31N11O8. The first-order valence-electron chi connectivity index (χ1n) is 13.6. The fraction of sp³-hybridized carbons (Fsp3) is 0.520. The highest BCUT2D eigenvalue weighted by atomic mass is 16.6. The summed E-state index contributed by atoms with van der Waals surface area (Å²) < 4.78 is 20.1. The topological polar surface area (TPSA) is 280 Å². The molecule has 0 aliphatic carbocycles. The van der Waals surface area contributed by atoms with Crippen LogP contribution in [-0.2, 0) is 14.2 Å². The average molecular weight is 614 g/mol. The summed E-state index contributed by atoms with van der Waals surface area (Å²) >= 11 is 0. The van der Waals surface area contributed by atoms with Gasteiger partial charge in [0.2, 0.25) is 0 Å². The average Bonchev–Trinajstić information content (AvgIpc) is 3.76. The van der Waals surface area contributed by atoms with E-state index in [4.69, 9.17) is 25.7 Å². The molecule has 4 aromatic rings. The van der Waals surface area contributed by atoms with Gasteiger partial charge >= 0.3 is 0 Å². The standard InChI is InChI=1S/C25H31N11O8/c26-3-4-28-21-15-22(31-9-30-21)35(10-33-15)24-18(40)17(39)12(44-24)7-42-5-1-2-13-34-14-20(27)29-8-32-23(14)36(13)25-19(41)16(38)11(6-37)43-25/h8-12,16-19,24-25,37-41H,3-7,26H2,(H2,27,29,32)(H,28,30,31)/t11-,12-,16-,17-,18-,19-,24-,25-/m1/s1. The summed E-state index contributed by atoms with van der Waals surface area (Å²) in [6.07, 6.45) is -5.43. The predicted octanol–water partition coefficient (Wildman–Crippen LogP) is -3.78. The van der Waals surface area contributed by atoms with Crippen LogP contribution >= 0.6 is 0 Å². The number of aliphatic hydroxyl groups excluding tert-OH is 5. The second-order valence-electron chi connectivity index (χ2n) is 10.1. The van der Waals surface area contributed by atoms with Gasteiger partial charge in [-0.2, -0.15) is 0 Å². The van der Waals surface area contributed by atoms with Crippen LogP contribution in [0.5, 0.6) is 0 Å². The lowest BCUT2D eigenvalue weighted by atomic mass is 10.1. The molecular weight excluding hydrogens is 582 g/mol. The van der Waals surface area contributed by atoms with Crippen molar-refractivity contribution in [2.75, 3.05) is 44.0 Å². The van der Waals surface area contributed by atoms with Gasteiger partial charge in [-0.05, 0) is 5.92 Å². The summed E-state index contributed by atoms with van der Waals surface area (Å²) in [6, 6.07) is 0. The van der Waals surface area contributed by atoms with Crippen LogP contribution in [0.4, 0.5) is 11.6 Å². The number of rotatable bonds is 9. The molecule has 0 aromatic carbocycles. The van der Waals surface area contributed by atoms with E-state index >= 15 is 0 Å². The van der Waals surface area contributed by atoms with Gasteiger partial charge in [-0.3, -0.25) is 9.13 Å². The van der Waals surface area contributed by atoms with Crippen molar-refractivity contribution >= 4 is 34.0 Å². The van der Waals surface area contributed by atoms with Crippen LogP contribution in [0.1, 0.15) is 18.3 Å². The molecule has 6 rings (SSSR count). The molecule has 10 N–H and O–H groups in total. The summed E-state index contributed by atoms with van der Waals surface area (Å²) in [5.74, 6) is 6.25. The fourth-order valence-electron chi connectivity index (χ4n) is 5.14. The fourth-order valence-corrected chi connectivity index (χ4v) is 5.14. The first-order chi connectivity index (χ1) is 21.3. The molecule has 19 heteroatoms. The zero-order chi connectivity index (χ0) is 31.0. The minimum absolute atomic E-state index is 0.0699. The quantitative estimate of drug-likeness (QED) is 0.0664. The molecule has 6 heterocycles. The second kappa shape index (κ2) is 12.5. The number of nitrogen functional groups attached to an aromatic ring is 1. The molecule has 0 spiro atoms. The van der Waals surface area contributed by atoms with E-state index in [1.807, 2.05) is 0 Å². The van der Waals surface area contributed by atoms with E-state index in [2.05, 4.69) is 47.1 Å². The Bertz CT molecular complexity index is 1690. The minimum atomic E-state index is -1.41. The summed E-state index contributed by atoms with van der Waals surface area (Å²) in [7, 11) is 0. The van der Waals surface area contributed by atoms with Crippen LogP contribution in [0.2, 0.25) is 0 Å². The Labute approximate surface area is 248 Å². The van der Waals surface area contributed by atoms with Crippen LogP contribution in [0.25, 0.3) is 22.3 Å². The van der Waals surface area contributed by atoms with Gasteiger partial charge in [0, 0.05) is 13.1 Å². The van der Waals surface area contributed by atoms with E-state index in [0.29, 0.717) is 30.1 Å². The molecule has 0 saturated carbocycles. The Morgan fingerprint density at radius 1 is 0.909 bits per heavy atom. The number of ether oxygens (including phenoxy) is 3. The second-order valence-corrected chi connectivity index (χ2v) is 10.1. The number of hydrogen-bond acceptors (Lipinski definition) is 17. The van der Waals surface area contributed by atoms with Crippen LogP contribution in [0, 0.1) is 11.8 Å². The normalized spacial score (nSPS) is 28.5. The number of nitrogens with one attached hydrogen (secondary N) is 1. The molecule has 0 radical (unpaired) electrons. The van der Waals surface area contributed by atoms with E-state index in [1.165, 1.54) is 28.1 Å². The molecule has 0 amide bonds. The summed E-state index contributed by atoms with van der Waals surface area (Å²) in [5, 5.41) is 54.8. The van der Waals surface area contributed by atoms with Gasteiger partial charge < -0.3 is 56.5 Å². The first-order valence-corrected chi connectivity index (χ1v) is 13.6. The Balaban J connectivity index is 1.14. The van der Waals surface area contributed by atoms with Gasteiger partial charge in [0.25, 0.3) is 0 Å². The van der Waals surface area contributed by atoms with Crippen LogP contribution < -0.4 is 16.8 Å². The Morgan fingerprint density at radius 2 is 1.64 bits per heavy atom. The molecule has 2 aliphatic rings. The predicted molar refractivity (Wildman–Crippen MR) is 149 cm³/mol. The Hall–Kier alpha value is -4.10. The molecule has 234 valence electrons. The Morgan fingerprint density at radius 3 is 2.41 bits per heavy atom. The van der Waals surface area contributed by atoms with E-state index < -0.39 is 55.7 Å². The number of anilines is 2. The van der Waals surface area contributed by atoms with Crippen molar-refractivity contribution < 1.29 is 39.7 Å². The van der Waals surface area contributed by atoms with Crippen molar-refractivity contribution in [2.45, 2.75) is 49.1 Å². The van der Waals surface area contributed by atoms with E-state index in [9.17, 15) is 25.5 Å². The lowest BCUT2D eigenvalue weighted by Crippen LogP contribution is -2.33. The molecule has 19 nitrogen and oxygen atoms in total. The highest BCUT2D eigenvalue weighted by Crippen LogP contribution is 2.34. The lowest BCUT2D eigenvalue weighted by Gasteiger charge is -2.17. The number of nitrogens with zero attached hydrogens (tertiary/aromatic N) is 8. The highest BCUT2D eigenvalue weighted by molar-refractivity contribution is 5.83. The molecule has 44 heavy (non-hydrogen) atoms. The van der Waals surface area contributed by atoms with Gasteiger partial charge in [-0.25, -0.2) is 29.9 Å². The van der Waals surface area contributed by atoms with E-state index in [-0.39, 0.29) is 36.0 Å². The zero-order valence-corrected chi connectivity index (χ0v) is 23.1. The number of hydrogen-bond donors (Lipinski definition) is 8. The molecule has 8 atom stereocenters. The molecule has 2 fully saturated rings. The van der Waals surface area contributed by atoms with Crippen molar-refractivity contribution in [1.82, 2.24) is 39.0 Å². The van der Waals surface area contributed by atoms with Gasteiger partial charge in [0.05, 0.1) is 19.5 Å². The third-order valence-electron chi connectivity index (χ3n) is 7.34. The molecule has 0 bridgehead atoms. The summed E-state index contributed by atoms with van der Waals surface area (Å²) in [4.78, 5) is 25.2. The van der Waals surface area contributed by atoms with Crippen molar-refractivity contribution in [2.24, 2.45) is 5.73 Å². The van der Waals surface area contributed by atoms with Crippen molar-refractivity contribution in [3.8, 4) is 11.8 Å². The van der Waals surface area contributed by atoms with E-state index in [1.54, 1.807) is 0 Å². The third kappa shape index (κ3) is 5.28. The number of aromatic nitrogens is 8. The van der Waals surface area contributed by atoms with E-state index in [0.717, 1.165) is 0 Å². The number of aliphatic hydroxyl groups is 5. The van der Waals surface area contributed by atoms with Crippen LogP contribution in [0.3, 0.4) is 0 Å². The summed E-state index contributed by atoms with van der Waals surface area (Å²) in [5.41, 5.74) is 12.8. The van der Waals surface area contributed by atoms with Gasteiger partial charge in [-0.15, -0.1) is 0 Å². The molecule has 0 unspecified atom stereocenters. The van der Waals surface area contributed by atoms with Crippen molar-refractivity contribution in [3.63, 3.8) is 0 Å². The van der Waals surface area contributed by atoms with Crippen molar-refractivity contribution in [3.05, 3.63) is 24.8 Å². The number of imidazole rings is 2. The highest BCUT2D eigenvalue weighted by Gasteiger charge is 2.46. The first kappa shape index (κ1) is 29.9.